The van der Waals surface area contributed by atoms with Crippen LogP contribution in [0.5, 0.6) is 0 Å². The Balaban J connectivity index is 1.84. The number of rotatable bonds is 2. The van der Waals surface area contributed by atoms with Crippen molar-refractivity contribution >= 4 is 11.6 Å². The number of nitrogens with zero attached hydrogens (tertiary/aromatic N) is 3. The van der Waals surface area contributed by atoms with Crippen LogP contribution in [-0.2, 0) is 4.74 Å². The molecule has 1 N–H and O–H groups in total. The number of fused-ring (bicyclic) bond motifs is 2. The van der Waals surface area contributed by atoms with Gasteiger partial charge in [-0.25, -0.2) is 0 Å². The van der Waals surface area contributed by atoms with E-state index in [0.717, 1.165) is 11.3 Å². The molecule has 1 saturated heterocycles. The predicted molar refractivity (Wildman–Crippen MR) is 95.5 cm³/mol. The maximum Gasteiger partial charge on any atom is 0.275 e. The van der Waals surface area contributed by atoms with Crippen molar-refractivity contribution < 1.29 is 9.53 Å². The van der Waals surface area contributed by atoms with Crippen LogP contribution >= 0.6 is 0 Å². The van der Waals surface area contributed by atoms with Gasteiger partial charge in [-0.05, 0) is 17.7 Å². The summed E-state index contributed by atoms with van der Waals surface area (Å²) in [4.78, 5) is 29.3. The lowest BCUT2D eigenvalue weighted by Crippen LogP contribution is -2.59. The zero-order valence-electron chi connectivity index (χ0n) is 14.2. The largest absolute Gasteiger partial charge is 0.378 e. The smallest absolute Gasteiger partial charge is 0.275 e. The molecule has 0 aliphatic carbocycles. The monoisotopic (exact) mass is 340 g/mol. The standard InChI is InChI=1S/C18H20N4O3/c1-20(2)13-5-3-12(4-6-13)16-14(23)7-8-22-17(16)18(24)21-9-10-25-11-15(21)19-22/h3-8,15,19H,9-11H2,1-2H3. The molecular weight excluding hydrogens is 320 g/mol. The van der Waals surface area contributed by atoms with Crippen molar-refractivity contribution in [3.05, 3.63) is 52.4 Å². The quantitative estimate of drug-likeness (QED) is 0.881. The third kappa shape index (κ3) is 2.56. The summed E-state index contributed by atoms with van der Waals surface area (Å²) in [5.41, 5.74) is 5.66. The molecule has 0 radical (unpaired) electrons. The number of aromatic nitrogens is 1. The van der Waals surface area contributed by atoms with Gasteiger partial charge in [0.1, 0.15) is 11.9 Å². The average molecular weight is 340 g/mol. The Morgan fingerprint density at radius 2 is 1.92 bits per heavy atom. The lowest BCUT2D eigenvalue weighted by molar-refractivity contribution is -0.00274. The number of carbonyl (C=O) groups excluding carboxylic acids is 1. The molecule has 130 valence electrons. The predicted octanol–water partition coefficient (Wildman–Crippen LogP) is 0.937. The van der Waals surface area contributed by atoms with Crippen LogP contribution in [-0.4, -0.2) is 55.5 Å². The number of nitrogens with one attached hydrogen (secondary N) is 1. The van der Waals surface area contributed by atoms with Crippen molar-refractivity contribution in [2.45, 2.75) is 6.17 Å². The fourth-order valence-electron chi connectivity index (χ4n) is 3.31. The molecule has 0 saturated carbocycles. The number of hydrogen-bond acceptors (Lipinski definition) is 5. The highest BCUT2D eigenvalue weighted by Crippen LogP contribution is 2.26. The van der Waals surface area contributed by atoms with Crippen molar-refractivity contribution in [2.75, 3.05) is 44.2 Å². The van der Waals surface area contributed by atoms with Crippen LogP contribution in [0.15, 0.2) is 41.3 Å². The molecule has 2 aromatic rings. The highest BCUT2D eigenvalue weighted by molar-refractivity contribution is 6.00. The summed E-state index contributed by atoms with van der Waals surface area (Å²) in [6.07, 6.45) is 1.40. The van der Waals surface area contributed by atoms with E-state index < -0.39 is 0 Å². The Morgan fingerprint density at radius 3 is 2.64 bits per heavy atom. The maximum absolute atomic E-state index is 13.0. The number of amides is 1. The first kappa shape index (κ1) is 15.7. The third-order valence-corrected chi connectivity index (χ3v) is 4.65. The minimum absolute atomic E-state index is 0.142. The number of anilines is 1. The highest BCUT2D eigenvalue weighted by atomic mass is 16.5. The second-order valence-electron chi connectivity index (χ2n) is 6.43. The van der Waals surface area contributed by atoms with E-state index in [0.29, 0.717) is 31.0 Å². The summed E-state index contributed by atoms with van der Waals surface area (Å²) >= 11 is 0. The summed E-state index contributed by atoms with van der Waals surface area (Å²) in [5, 5.41) is 0. The third-order valence-electron chi connectivity index (χ3n) is 4.65. The van der Waals surface area contributed by atoms with Crippen LogP contribution in [0.3, 0.4) is 0 Å². The van der Waals surface area contributed by atoms with Crippen LogP contribution in [0.4, 0.5) is 5.69 Å². The summed E-state index contributed by atoms with van der Waals surface area (Å²) in [6, 6.07) is 9.13. The molecule has 1 aromatic carbocycles. The molecular formula is C18H20N4O3. The molecule has 0 bridgehead atoms. The summed E-state index contributed by atoms with van der Waals surface area (Å²) < 4.78 is 7.09. The lowest BCUT2D eigenvalue weighted by Gasteiger charge is -2.41. The molecule has 0 spiro atoms. The molecule has 1 fully saturated rings. The van der Waals surface area contributed by atoms with Crippen molar-refractivity contribution in [1.29, 1.82) is 0 Å². The lowest BCUT2D eigenvalue weighted by atomic mass is 10.0. The molecule has 3 heterocycles. The Bertz CT molecular complexity index is 873. The van der Waals surface area contributed by atoms with Gasteiger partial charge in [-0.3, -0.25) is 14.3 Å². The van der Waals surface area contributed by atoms with E-state index in [1.807, 2.05) is 43.3 Å². The number of carbonyl (C=O) groups is 1. The molecule has 2 aliphatic rings. The van der Waals surface area contributed by atoms with Gasteiger partial charge in [-0.2, -0.15) is 0 Å². The number of hydrogen-bond donors (Lipinski definition) is 1. The van der Waals surface area contributed by atoms with E-state index in [2.05, 4.69) is 5.43 Å². The van der Waals surface area contributed by atoms with Gasteiger partial charge in [-0.15, -0.1) is 0 Å². The highest BCUT2D eigenvalue weighted by Gasteiger charge is 2.36. The van der Waals surface area contributed by atoms with Gasteiger partial charge in [0.25, 0.3) is 5.91 Å². The normalized spacial score (nSPS) is 19.0. The number of pyridine rings is 1. The average Bonchev–Trinajstić information content (AvgIpc) is 2.62. The Hall–Kier alpha value is -2.80. The van der Waals surface area contributed by atoms with E-state index in [-0.39, 0.29) is 17.5 Å². The molecule has 7 heteroatoms. The zero-order chi connectivity index (χ0) is 17.6. The molecule has 25 heavy (non-hydrogen) atoms. The van der Waals surface area contributed by atoms with E-state index in [1.54, 1.807) is 15.8 Å². The second-order valence-corrected chi connectivity index (χ2v) is 6.43. The number of morpholine rings is 1. The van der Waals surface area contributed by atoms with Gasteiger partial charge in [0.15, 0.2) is 5.43 Å². The summed E-state index contributed by atoms with van der Waals surface area (Å²) in [6.45, 7) is 1.45. The fraction of sp³-hybridized carbons (Fsp3) is 0.333. The van der Waals surface area contributed by atoms with Crippen molar-refractivity contribution in [3.63, 3.8) is 0 Å². The minimum atomic E-state index is -0.208. The first-order chi connectivity index (χ1) is 12.1. The Labute approximate surface area is 145 Å². The van der Waals surface area contributed by atoms with Crippen LogP contribution in [0, 0.1) is 0 Å². The van der Waals surface area contributed by atoms with E-state index in [1.165, 1.54) is 6.07 Å². The first-order valence-electron chi connectivity index (χ1n) is 8.25. The van der Waals surface area contributed by atoms with E-state index >= 15 is 0 Å². The topological polar surface area (TPSA) is 66.8 Å². The van der Waals surface area contributed by atoms with Gasteiger partial charge in [0.05, 0.1) is 18.8 Å². The molecule has 4 rings (SSSR count). The second kappa shape index (κ2) is 5.93. The zero-order valence-corrected chi connectivity index (χ0v) is 14.2. The molecule has 1 amide bonds. The molecule has 2 aliphatic heterocycles. The Morgan fingerprint density at radius 1 is 1.16 bits per heavy atom. The first-order valence-corrected chi connectivity index (χ1v) is 8.25. The SMILES string of the molecule is CN(C)c1ccc(-c2c3n(ccc2=O)NC2COCCN2C3=O)cc1. The van der Waals surface area contributed by atoms with Gasteiger partial charge in [-0.1, -0.05) is 12.1 Å². The van der Waals surface area contributed by atoms with Crippen LogP contribution in [0.25, 0.3) is 11.1 Å². The Kier molecular flexibility index (Phi) is 3.73. The molecule has 1 unspecified atom stereocenters. The van der Waals surface area contributed by atoms with Gasteiger partial charge in [0.2, 0.25) is 0 Å². The van der Waals surface area contributed by atoms with Crippen LogP contribution < -0.4 is 15.8 Å². The van der Waals surface area contributed by atoms with Crippen LogP contribution in [0.2, 0.25) is 0 Å². The van der Waals surface area contributed by atoms with E-state index in [9.17, 15) is 9.59 Å². The minimum Gasteiger partial charge on any atom is -0.378 e. The van der Waals surface area contributed by atoms with E-state index in [4.69, 9.17) is 4.74 Å². The fourth-order valence-corrected chi connectivity index (χ4v) is 3.31. The summed E-state index contributed by atoms with van der Waals surface area (Å²) in [5.74, 6) is -0.142. The van der Waals surface area contributed by atoms with Crippen molar-refractivity contribution in [2.24, 2.45) is 0 Å². The van der Waals surface area contributed by atoms with Gasteiger partial charge >= 0.3 is 0 Å². The van der Waals surface area contributed by atoms with Gasteiger partial charge in [0, 0.05) is 38.6 Å². The van der Waals surface area contributed by atoms with Crippen molar-refractivity contribution in [3.8, 4) is 11.1 Å². The van der Waals surface area contributed by atoms with Crippen molar-refractivity contribution in [1.82, 2.24) is 9.58 Å². The number of benzene rings is 1. The molecule has 7 nitrogen and oxygen atoms in total. The number of ether oxygens (including phenoxy) is 1. The maximum atomic E-state index is 13.0. The molecule has 1 atom stereocenters. The molecule has 1 aromatic heterocycles. The summed E-state index contributed by atoms with van der Waals surface area (Å²) in [7, 11) is 3.92. The van der Waals surface area contributed by atoms with Gasteiger partial charge < -0.3 is 20.0 Å². The van der Waals surface area contributed by atoms with Crippen LogP contribution in [0.1, 0.15) is 10.5 Å².